The highest BCUT2D eigenvalue weighted by molar-refractivity contribution is 5.94. The largest absolute Gasteiger partial charge is 0.344 e. The van der Waals surface area contributed by atoms with E-state index in [1.54, 1.807) is 0 Å². The van der Waals surface area contributed by atoms with Gasteiger partial charge in [-0.3, -0.25) is 4.79 Å². The van der Waals surface area contributed by atoms with Crippen LogP contribution in [0.15, 0.2) is 54.6 Å². The standard InChI is InChI=1S/C17H19FN2O/c1-20(2)12-16(13-6-4-3-5-7-13)19-17(21)14-8-10-15(18)11-9-14/h3-11,16H,12H2,1-2H3,(H,19,21). The molecule has 0 saturated heterocycles. The molecule has 0 bridgehead atoms. The van der Waals surface area contributed by atoms with Gasteiger partial charge in [-0.1, -0.05) is 30.3 Å². The summed E-state index contributed by atoms with van der Waals surface area (Å²) in [6.07, 6.45) is 0. The molecule has 2 aromatic rings. The summed E-state index contributed by atoms with van der Waals surface area (Å²) in [5, 5.41) is 3.00. The minimum absolute atomic E-state index is 0.112. The van der Waals surface area contributed by atoms with Crippen molar-refractivity contribution in [3.8, 4) is 0 Å². The van der Waals surface area contributed by atoms with Crippen LogP contribution in [0.4, 0.5) is 4.39 Å². The molecule has 1 N–H and O–H groups in total. The summed E-state index contributed by atoms with van der Waals surface area (Å²) in [5.41, 5.74) is 1.50. The molecule has 1 atom stereocenters. The number of halogens is 1. The SMILES string of the molecule is CN(C)CC(NC(=O)c1ccc(F)cc1)c1ccccc1. The summed E-state index contributed by atoms with van der Waals surface area (Å²) < 4.78 is 12.9. The van der Waals surface area contributed by atoms with Crippen LogP contribution < -0.4 is 5.32 Å². The Labute approximate surface area is 124 Å². The molecule has 0 aliphatic rings. The highest BCUT2D eigenvalue weighted by Crippen LogP contribution is 2.14. The molecule has 0 spiro atoms. The molecule has 3 nitrogen and oxygen atoms in total. The number of hydrogen-bond acceptors (Lipinski definition) is 2. The summed E-state index contributed by atoms with van der Waals surface area (Å²) in [6.45, 7) is 0.691. The fraction of sp³-hybridized carbons (Fsp3) is 0.235. The predicted octanol–water partition coefficient (Wildman–Crippen LogP) is 2.86. The van der Waals surface area contributed by atoms with Gasteiger partial charge in [0, 0.05) is 12.1 Å². The van der Waals surface area contributed by atoms with Crippen LogP contribution in [0.3, 0.4) is 0 Å². The number of hydrogen-bond donors (Lipinski definition) is 1. The lowest BCUT2D eigenvalue weighted by atomic mass is 10.1. The van der Waals surface area contributed by atoms with Crippen molar-refractivity contribution in [3.05, 3.63) is 71.5 Å². The minimum Gasteiger partial charge on any atom is -0.344 e. The number of rotatable bonds is 5. The molecule has 0 aromatic heterocycles. The molecular formula is C17H19FN2O. The van der Waals surface area contributed by atoms with Gasteiger partial charge in [-0.15, -0.1) is 0 Å². The number of amides is 1. The van der Waals surface area contributed by atoms with Gasteiger partial charge >= 0.3 is 0 Å². The van der Waals surface area contributed by atoms with Gasteiger partial charge in [-0.2, -0.15) is 0 Å². The zero-order valence-electron chi connectivity index (χ0n) is 12.2. The highest BCUT2D eigenvalue weighted by Gasteiger charge is 2.16. The van der Waals surface area contributed by atoms with E-state index in [-0.39, 0.29) is 17.8 Å². The van der Waals surface area contributed by atoms with Crippen LogP contribution in [0.1, 0.15) is 22.0 Å². The van der Waals surface area contributed by atoms with Crippen LogP contribution >= 0.6 is 0 Å². The lowest BCUT2D eigenvalue weighted by molar-refractivity contribution is 0.0930. The Morgan fingerprint density at radius 2 is 1.71 bits per heavy atom. The van der Waals surface area contributed by atoms with Gasteiger partial charge < -0.3 is 10.2 Å². The van der Waals surface area contributed by atoms with Crippen LogP contribution in [0.25, 0.3) is 0 Å². The molecule has 4 heteroatoms. The lowest BCUT2D eigenvalue weighted by Gasteiger charge is -2.23. The predicted molar refractivity (Wildman–Crippen MR) is 81.6 cm³/mol. The van der Waals surface area contributed by atoms with Gasteiger partial charge in [-0.25, -0.2) is 4.39 Å². The number of nitrogens with one attached hydrogen (secondary N) is 1. The number of benzene rings is 2. The molecule has 110 valence electrons. The van der Waals surface area contributed by atoms with Crippen molar-refractivity contribution < 1.29 is 9.18 Å². The monoisotopic (exact) mass is 286 g/mol. The Hall–Kier alpha value is -2.20. The molecular weight excluding hydrogens is 267 g/mol. The normalized spacial score (nSPS) is 12.2. The Morgan fingerprint density at radius 3 is 2.29 bits per heavy atom. The van der Waals surface area contributed by atoms with E-state index in [0.29, 0.717) is 12.1 Å². The lowest BCUT2D eigenvalue weighted by Crippen LogP contribution is -2.35. The Bertz CT molecular complexity index is 581. The van der Waals surface area contributed by atoms with E-state index >= 15 is 0 Å². The van der Waals surface area contributed by atoms with Crippen molar-refractivity contribution in [1.82, 2.24) is 10.2 Å². The van der Waals surface area contributed by atoms with Gasteiger partial charge in [0.05, 0.1) is 6.04 Å². The average molecular weight is 286 g/mol. The van der Waals surface area contributed by atoms with Gasteiger partial charge in [-0.05, 0) is 43.9 Å². The zero-order chi connectivity index (χ0) is 15.2. The number of nitrogens with zero attached hydrogens (tertiary/aromatic N) is 1. The van der Waals surface area contributed by atoms with E-state index in [1.165, 1.54) is 24.3 Å². The Balaban J connectivity index is 2.15. The van der Waals surface area contributed by atoms with E-state index in [9.17, 15) is 9.18 Å². The van der Waals surface area contributed by atoms with Crippen molar-refractivity contribution in [2.75, 3.05) is 20.6 Å². The van der Waals surface area contributed by atoms with Gasteiger partial charge in [0.1, 0.15) is 5.82 Å². The second-order valence-corrected chi connectivity index (χ2v) is 5.21. The molecule has 21 heavy (non-hydrogen) atoms. The van der Waals surface area contributed by atoms with E-state index in [4.69, 9.17) is 0 Å². The molecule has 0 aliphatic heterocycles. The Morgan fingerprint density at radius 1 is 1.10 bits per heavy atom. The van der Waals surface area contributed by atoms with Crippen LogP contribution in [-0.4, -0.2) is 31.4 Å². The molecule has 2 aromatic carbocycles. The molecule has 0 saturated carbocycles. The van der Waals surface area contributed by atoms with Gasteiger partial charge in [0.15, 0.2) is 0 Å². The van der Waals surface area contributed by atoms with Crippen LogP contribution in [0.5, 0.6) is 0 Å². The molecule has 0 aliphatic carbocycles. The topological polar surface area (TPSA) is 32.3 Å². The quantitative estimate of drug-likeness (QED) is 0.916. The third-order valence-electron chi connectivity index (χ3n) is 3.16. The average Bonchev–Trinajstić information content (AvgIpc) is 2.47. The van der Waals surface area contributed by atoms with Crippen molar-refractivity contribution in [2.45, 2.75) is 6.04 Å². The minimum atomic E-state index is -0.348. The fourth-order valence-corrected chi connectivity index (χ4v) is 2.13. The maximum Gasteiger partial charge on any atom is 0.251 e. The fourth-order valence-electron chi connectivity index (χ4n) is 2.13. The second-order valence-electron chi connectivity index (χ2n) is 5.21. The first-order valence-corrected chi connectivity index (χ1v) is 6.82. The molecule has 0 fully saturated rings. The molecule has 1 unspecified atom stereocenters. The van der Waals surface area contributed by atoms with E-state index in [1.807, 2.05) is 49.3 Å². The maximum atomic E-state index is 12.9. The van der Waals surface area contributed by atoms with E-state index in [2.05, 4.69) is 5.32 Å². The zero-order valence-corrected chi connectivity index (χ0v) is 12.2. The third-order valence-corrected chi connectivity index (χ3v) is 3.16. The van der Waals surface area contributed by atoms with E-state index in [0.717, 1.165) is 5.56 Å². The molecule has 2 rings (SSSR count). The van der Waals surface area contributed by atoms with E-state index < -0.39 is 0 Å². The first-order chi connectivity index (χ1) is 10.1. The highest BCUT2D eigenvalue weighted by atomic mass is 19.1. The Kier molecular flexibility index (Phi) is 5.06. The molecule has 0 radical (unpaired) electrons. The van der Waals surface area contributed by atoms with Crippen LogP contribution in [0, 0.1) is 5.82 Å². The summed E-state index contributed by atoms with van der Waals surface area (Å²) in [6, 6.07) is 15.3. The van der Waals surface area contributed by atoms with Crippen LogP contribution in [0.2, 0.25) is 0 Å². The maximum absolute atomic E-state index is 12.9. The van der Waals surface area contributed by atoms with Gasteiger partial charge in [0.25, 0.3) is 5.91 Å². The summed E-state index contributed by atoms with van der Waals surface area (Å²) in [5.74, 6) is -0.551. The molecule has 1 amide bonds. The van der Waals surface area contributed by atoms with Crippen molar-refractivity contribution in [2.24, 2.45) is 0 Å². The number of likely N-dealkylation sites (N-methyl/N-ethyl adjacent to an activating group) is 1. The summed E-state index contributed by atoms with van der Waals surface area (Å²) in [7, 11) is 3.92. The van der Waals surface area contributed by atoms with Crippen molar-refractivity contribution in [3.63, 3.8) is 0 Å². The van der Waals surface area contributed by atoms with Crippen molar-refractivity contribution >= 4 is 5.91 Å². The third kappa shape index (κ3) is 4.39. The smallest absolute Gasteiger partial charge is 0.251 e. The van der Waals surface area contributed by atoms with Gasteiger partial charge in [0.2, 0.25) is 0 Å². The summed E-state index contributed by atoms with van der Waals surface area (Å²) in [4.78, 5) is 14.3. The summed E-state index contributed by atoms with van der Waals surface area (Å²) >= 11 is 0. The van der Waals surface area contributed by atoms with Crippen LogP contribution in [-0.2, 0) is 0 Å². The second kappa shape index (κ2) is 6.99. The molecule has 0 heterocycles. The number of carbonyl (C=O) groups excluding carboxylic acids is 1. The first kappa shape index (κ1) is 15.2. The number of carbonyl (C=O) groups is 1. The van der Waals surface area contributed by atoms with Crippen molar-refractivity contribution in [1.29, 1.82) is 0 Å². The first-order valence-electron chi connectivity index (χ1n) is 6.82.